The molecule has 194 valence electrons. The molecule has 0 unspecified atom stereocenters. The molecule has 3 N–H and O–H groups in total. The van der Waals surface area contributed by atoms with Crippen molar-refractivity contribution in [1.82, 2.24) is 20.3 Å². The van der Waals surface area contributed by atoms with Gasteiger partial charge in [0.1, 0.15) is 0 Å². The molecular formula is C25H33N5O6. The third-order valence-electron chi connectivity index (χ3n) is 5.28. The van der Waals surface area contributed by atoms with Gasteiger partial charge < -0.3 is 20.5 Å². The van der Waals surface area contributed by atoms with Crippen molar-refractivity contribution in [2.24, 2.45) is 18.2 Å². The summed E-state index contributed by atoms with van der Waals surface area (Å²) >= 11 is 0. The van der Waals surface area contributed by atoms with E-state index in [-0.39, 0.29) is 28.7 Å². The lowest BCUT2D eigenvalue weighted by molar-refractivity contribution is -0.113. The first-order valence-corrected chi connectivity index (χ1v) is 11.2. The third kappa shape index (κ3) is 8.12. The van der Waals surface area contributed by atoms with Crippen LogP contribution in [0.1, 0.15) is 64.5 Å². The van der Waals surface area contributed by atoms with Gasteiger partial charge in [-0.3, -0.25) is 19.1 Å². The number of aryl methyl sites for hydroxylation is 1. The van der Waals surface area contributed by atoms with E-state index in [2.05, 4.69) is 15.6 Å². The van der Waals surface area contributed by atoms with E-state index in [9.17, 15) is 19.2 Å². The monoisotopic (exact) mass is 499 g/mol. The van der Waals surface area contributed by atoms with Crippen LogP contribution >= 0.6 is 0 Å². The van der Waals surface area contributed by atoms with Crippen LogP contribution in [-0.2, 0) is 26.7 Å². The van der Waals surface area contributed by atoms with Crippen molar-refractivity contribution in [2.45, 2.75) is 33.1 Å². The van der Waals surface area contributed by atoms with Crippen LogP contribution < -0.4 is 11.1 Å². The molecule has 2 amide bonds. The fraction of sp³-hybridized carbons (Fsp3) is 0.440. The quantitative estimate of drug-likeness (QED) is 0.253. The zero-order valence-corrected chi connectivity index (χ0v) is 21.5. The summed E-state index contributed by atoms with van der Waals surface area (Å²) < 4.78 is 12.3. The van der Waals surface area contributed by atoms with Crippen molar-refractivity contribution < 1.29 is 28.7 Å². The van der Waals surface area contributed by atoms with Crippen LogP contribution in [0, 0.1) is 5.41 Å². The van der Waals surface area contributed by atoms with Gasteiger partial charge in [-0.15, -0.1) is 5.10 Å². The molecule has 0 bridgehead atoms. The number of nitrogens with zero attached hydrogens (tertiary/aromatic N) is 3. The van der Waals surface area contributed by atoms with Gasteiger partial charge in [0.15, 0.2) is 5.78 Å². The predicted molar refractivity (Wildman–Crippen MR) is 131 cm³/mol. The fourth-order valence-corrected chi connectivity index (χ4v) is 3.18. The summed E-state index contributed by atoms with van der Waals surface area (Å²) in [5.74, 6) is -2.58. The Kier molecular flexibility index (Phi) is 9.23. The van der Waals surface area contributed by atoms with Crippen molar-refractivity contribution >= 4 is 23.6 Å². The summed E-state index contributed by atoms with van der Waals surface area (Å²) in [7, 11) is 2.99. The highest BCUT2D eigenvalue weighted by Gasteiger charge is 2.27. The number of amides is 2. The molecule has 0 saturated heterocycles. The number of benzene rings is 1. The average molecular weight is 500 g/mol. The number of ketones is 1. The first-order chi connectivity index (χ1) is 16.7. The molecule has 0 saturated carbocycles. The Bertz CT molecular complexity index is 1170. The van der Waals surface area contributed by atoms with Crippen molar-refractivity contribution in [3.8, 4) is 0 Å². The highest BCUT2D eigenvalue weighted by atomic mass is 16.5. The van der Waals surface area contributed by atoms with Crippen LogP contribution in [0.15, 0.2) is 36.5 Å². The second kappa shape index (κ2) is 11.7. The van der Waals surface area contributed by atoms with Crippen LogP contribution in [-0.4, -0.2) is 65.4 Å². The molecule has 11 heteroatoms. The van der Waals surface area contributed by atoms with Gasteiger partial charge in [0.05, 0.1) is 31.6 Å². The van der Waals surface area contributed by atoms with E-state index in [0.717, 1.165) is 17.8 Å². The predicted octanol–water partition coefficient (Wildman–Crippen LogP) is 1.58. The van der Waals surface area contributed by atoms with E-state index in [1.54, 1.807) is 11.7 Å². The molecule has 0 aliphatic rings. The standard InChI is InChI=1S/C25H33N5O6/c1-24(2,14-36-15-25(3,4)20-12-30(5)29-28-20)13-27-22(33)17-9-16(19(31)7-8-21(26)32)10-18(11-17)23(34)35-6/h7-12H,13-15H2,1-6H3,(H2,26,32)(H,27,33)/b8-7+. The number of nitrogens with two attached hydrogens (primary N) is 1. The molecule has 2 aromatic rings. The largest absolute Gasteiger partial charge is 0.465 e. The minimum absolute atomic E-state index is 0.0230. The number of ether oxygens (including phenoxy) is 2. The molecule has 1 heterocycles. The maximum atomic E-state index is 12.9. The zero-order valence-electron chi connectivity index (χ0n) is 21.5. The number of carbonyl (C=O) groups excluding carboxylic acids is 4. The Balaban J connectivity index is 2.06. The number of methoxy groups -OCH3 is 1. The minimum Gasteiger partial charge on any atom is -0.465 e. The first-order valence-electron chi connectivity index (χ1n) is 11.2. The Morgan fingerprint density at radius 1 is 1.03 bits per heavy atom. The van der Waals surface area contributed by atoms with E-state index in [0.29, 0.717) is 13.2 Å². The molecule has 11 nitrogen and oxygen atoms in total. The van der Waals surface area contributed by atoms with Crippen LogP contribution in [0.2, 0.25) is 0 Å². The Morgan fingerprint density at radius 2 is 1.67 bits per heavy atom. The molecule has 0 aliphatic heterocycles. The van der Waals surface area contributed by atoms with Crippen LogP contribution in [0.3, 0.4) is 0 Å². The topological polar surface area (TPSA) is 156 Å². The molecule has 1 aromatic heterocycles. The van der Waals surface area contributed by atoms with Crippen LogP contribution in [0.5, 0.6) is 0 Å². The highest BCUT2D eigenvalue weighted by molar-refractivity contribution is 6.10. The van der Waals surface area contributed by atoms with Crippen molar-refractivity contribution in [2.75, 3.05) is 26.9 Å². The van der Waals surface area contributed by atoms with Gasteiger partial charge in [0.25, 0.3) is 5.91 Å². The van der Waals surface area contributed by atoms with Gasteiger partial charge in [0.2, 0.25) is 5.91 Å². The number of allylic oxidation sites excluding steroid dienone is 1. The number of carbonyl (C=O) groups is 4. The number of aromatic nitrogens is 3. The maximum Gasteiger partial charge on any atom is 0.337 e. The van der Waals surface area contributed by atoms with E-state index in [4.69, 9.17) is 15.2 Å². The van der Waals surface area contributed by atoms with Gasteiger partial charge >= 0.3 is 5.97 Å². The number of hydrogen-bond acceptors (Lipinski definition) is 8. The normalized spacial score (nSPS) is 11.9. The van der Waals surface area contributed by atoms with Gasteiger partial charge in [-0.05, 0) is 24.3 Å². The molecule has 0 aliphatic carbocycles. The third-order valence-corrected chi connectivity index (χ3v) is 5.28. The van der Waals surface area contributed by atoms with E-state index in [1.165, 1.54) is 25.3 Å². The zero-order chi connectivity index (χ0) is 27.1. The molecule has 0 fully saturated rings. The Morgan fingerprint density at radius 3 is 2.25 bits per heavy atom. The lowest BCUT2D eigenvalue weighted by atomic mass is 9.90. The highest BCUT2D eigenvalue weighted by Crippen LogP contribution is 2.23. The summed E-state index contributed by atoms with van der Waals surface area (Å²) in [6.45, 7) is 8.95. The van der Waals surface area contributed by atoms with E-state index < -0.39 is 29.0 Å². The Labute approximate surface area is 210 Å². The van der Waals surface area contributed by atoms with E-state index >= 15 is 0 Å². The number of hydrogen-bond donors (Lipinski definition) is 2. The minimum atomic E-state index is -0.796. The molecule has 0 spiro atoms. The molecule has 1 aromatic carbocycles. The van der Waals surface area contributed by atoms with Gasteiger partial charge in [-0.2, -0.15) is 0 Å². The summed E-state index contributed by atoms with van der Waals surface area (Å²) in [4.78, 5) is 48.3. The van der Waals surface area contributed by atoms with Crippen LogP contribution in [0.4, 0.5) is 0 Å². The van der Waals surface area contributed by atoms with Crippen molar-refractivity contribution in [3.05, 3.63) is 58.9 Å². The molecule has 0 radical (unpaired) electrons. The van der Waals surface area contributed by atoms with Gasteiger partial charge in [-0.1, -0.05) is 32.9 Å². The van der Waals surface area contributed by atoms with Gasteiger partial charge in [0, 0.05) is 47.8 Å². The first kappa shape index (κ1) is 28.4. The summed E-state index contributed by atoms with van der Waals surface area (Å²) in [6, 6.07) is 3.96. The van der Waals surface area contributed by atoms with E-state index in [1.807, 2.05) is 33.9 Å². The number of esters is 1. The van der Waals surface area contributed by atoms with Crippen LogP contribution in [0.25, 0.3) is 0 Å². The molecule has 36 heavy (non-hydrogen) atoms. The molecule has 2 rings (SSSR count). The summed E-state index contributed by atoms with van der Waals surface area (Å²) in [6.07, 6.45) is 3.73. The second-order valence-corrected chi connectivity index (χ2v) is 9.89. The van der Waals surface area contributed by atoms with Crippen molar-refractivity contribution in [1.29, 1.82) is 0 Å². The van der Waals surface area contributed by atoms with Crippen molar-refractivity contribution in [3.63, 3.8) is 0 Å². The second-order valence-electron chi connectivity index (χ2n) is 9.89. The summed E-state index contributed by atoms with van der Waals surface area (Å²) in [5.41, 5.74) is 5.24. The summed E-state index contributed by atoms with van der Waals surface area (Å²) in [5, 5.41) is 10.9. The SMILES string of the molecule is COC(=O)c1cc(C(=O)/C=C/C(N)=O)cc(C(=O)NCC(C)(C)COCC(C)(C)c2cn(C)nn2)c1. The lowest BCUT2D eigenvalue weighted by Crippen LogP contribution is -2.38. The lowest BCUT2D eigenvalue weighted by Gasteiger charge is -2.28. The number of nitrogens with one attached hydrogen (secondary N) is 1. The fourth-order valence-electron chi connectivity index (χ4n) is 3.18. The molecular weight excluding hydrogens is 466 g/mol. The van der Waals surface area contributed by atoms with Gasteiger partial charge in [-0.25, -0.2) is 4.79 Å². The average Bonchev–Trinajstić information content (AvgIpc) is 3.27. The number of rotatable bonds is 12. The number of primary amides is 1. The molecule has 0 atom stereocenters. The maximum absolute atomic E-state index is 12.9. The Hall–Kier alpha value is -3.86. The smallest absolute Gasteiger partial charge is 0.337 e.